The third kappa shape index (κ3) is 1.22. The van der Waals surface area contributed by atoms with Crippen molar-refractivity contribution in [1.82, 2.24) is 5.01 Å². The molecule has 0 radical (unpaired) electrons. The molecule has 0 unspecified atom stereocenters. The van der Waals surface area contributed by atoms with Crippen molar-refractivity contribution in [3.8, 4) is 0 Å². The third-order valence-electron chi connectivity index (χ3n) is 1.00. The van der Waals surface area contributed by atoms with E-state index in [1.165, 1.54) is 5.01 Å². The van der Waals surface area contributed by atoms with Gasteiger partial charge in [0.1, 0.15) is 10.4 Å². The summed E-state index contributed by atoms with van der Waals surface area (Å²) < 4.78 is 0.594. The van der Waals surface area contributed by atoms with Gasteiger partial charge < -0.3 is 5.73 Å². The molecule has 1 heterocycles. The van der Waals surface area contributed by atoms with Crippen molar-refractivity contribution in [2.24, 2.45) is 16.6 Å². The number of rotatable bonds is 0. The van der Waals surface area contributed by atoms with E-state index in [0.29, 0.717) is 17.0 Å². The van der Waals surface area contributed by atoms with Gasteiger partial charge in [-0.25, -0.2) is 10.8 Å². The quantitative estimate of drug-likeness (QED) is 0.409. The van der Waals surface area contributed by atoms with Gasteiger partial charge in [-0.15, -0.1) is 0 Å². The molecule has 5 heteroatoms. The fourth-order valence-electron chi connectivity index (χ4n) is 0.492. The van der Waals surface area contributed by atoms with Crippen LogP contribution in [0.25, 0.3) is 0 Å². The molecule has 0 saturated carbocycles. The zero-order chi connectivity index (χ0) is 6.85. The Labute approximate surface area is 61.3 Å². The van der Waals surface area contributed by atoms with Crippen LogP contribution in [-0.2, 0) is 0 Å². The molecule has 0 aliphatic carbocycles. The van der Waals surface area contributed by atoms with Crippen molar-refractivity contribution >= 4 is 22.1 Å². The van der Waals surface area contributed by atoms with Crippen LogP contribution in [0.5, 0.6) is 0 Å². The Morgan fingerprint density at radius 3 is 2.89 bits per heavy atom. The molecule has 4 nitrogen and oxygen atoms in total. The summed E-state index contributed by atoms with van der Waals surface area (Å²) in [7, 11) is 0. The van der Waals surface area contributed by atoms with E-state index in [-0.39, 0.29) is 0 Å². The highest BCUT2D eigenvalue weighted by atomic mass is 79.9. The Balaban J connectivity index is 2.83. The van der Waals surface area contributed by atoms with Crippen LogP contribution in [0.1, 0.15) is 0 Å². The maximum atomic E-state index is 5.44. The number of nitrogens with zero attached hydrogens (tertiary/aromatic N) is 2. The highest BCUT2D eigenvalue weighted by Gasteiger charge is 2.07. The first-order valence-corrected chi connectivity index (χ1v) is 3.21. The Kier molecular flexibility index (Phi) is 1.73. The highest BCUT2D eigenvalue weighted by molar-refractivity contribution is 9.11. The maximum absolute atomic E-state index is 5.44. The number of hydrazine groups is 1. The minimum absolute atomic E-state index is 0.470. The van der Waals surface area contributed by atoms with Crippen molar-refractivity contribution in [3.05, 3.63) is 10.4 Å². The molecule has 50 valence electrons. The van der Waals surface area contributed by atoms with Crippen LogP contribution in [0.3, 0.4) is 0 Å². The number of halogens is 1. The standard InChI is InChI=1S/C4H7BrN4/c5-3-4(6)9(7)2-1-8-3/h1H,2,6-7H2. The summed E-state index contributed by atoms with van der Waals surface area (Å²) in [6, 6.07) is 0. The van der Waals surface area contributed by atoms with E-state index < -0.39 is 0 Å². The molecule has 1 rings (SSSR count). The number of nitrogens with two attached hydrogens (primary N) is 2. The molecule has 0 saturated heterocycles. The van der Waals surface area contributed by atoms with E-state index in [2.05, 4.69) is 20.9 Å². The SMILES string of the molecule is NC1=C(Br)N=CCN1N. The van der Waals surface area contributed by atoms with E-state index in [1.807, 2.05) is 0 Å². The van der Waals surface area contributed by atoms with Gasteiger partial charge in [-0.2, -0.15) is 0 Å². The van der Waals surface area contributed by atoms with E-state index in [0.717, 1.165) is 0 Å². The van der Waals surface area contributed by atoms with E-state index in [1.54, 1.807) is 6.21 Å². The zero-order valence-corrected chi connectivity index (χ0v) is 6.30. The van der Waals surface area contributed by atoms with Crippen molar-refractivity contribution in [2.75, 3.05) is 6.54 Å². The lowest BCUT2D eigenvalue weighted by molar-refractivity contribution is 0.401. The average Bonchev–Trinajstić information content (AvgIpc) is 1.83. The molecule has 0 aromatic carbocycles. The lowest BCUT2D eigenvalue weighted by atomic mass is 10.5. The second-order valence-corrected chi connectivity index (χ2v) is 2.39. The minimum Gasteiger partial charge on any atom is -0.382 e. The molecule has 9 heavy (non-hydrogen) atoms. The van der Waals surface area contributed by atoms with Crippen LogP contribution < -0.4 is 11.6 Å². The van der Waals surface area contributed by atoms with Gasteiger partial charge in [0.15, 0.2) is 0 Å². The molecule has 0 aromatic heterocycles. The van der Waals surface area contributed by atoms with Gasteiger partial charge in [0.05, 0.1) is 6.54 Å². The predicted molar refractivity (Wildman–Crippen MR) is 39.5 cm³/mol. The maximum Gasteiger partial charge on any atom is 0.147 e. The smallest absolute Gasteiger partial charge is 0.147 e. The summed E-state index contributed by atoms with van der Waals surface area (Å²) in [5.41, 5.74) is 5.44. The number of aliphatic imine (C=N–C) groups is 1. The van der Waals surface area contributed by atoms with Gasteiger partial charge in [-0.3, -0.25) is 5.01 Å². The number of hydrogen-bond acceptors (Lipinski definition) is 4. The average molecular weight is 191 g/mol. The molecule has 0 bridgehead atoms. The Bertz CT molecular complexity index is 173. The van der Waals surface area contributed by atoms with Crippen LogP contribution in [0, 0.1) is 0 Å². The van der Waals surface area contributed by atoms with Gasteiger partial charge in [0.25, 0.3) is 0 Å². The summed E-state index contributed by atoms with van der Waals surface area (Å²) in [4.78, 5) is 3.89. The van der Waals surface area contributed by atoms with Crippen LogP contribution in [-0.4, -0.2) is 17.8 Å². The summed E-state index contributed by atoms with van der Waals surface area (Å²) in [6.45, 7) is 0.570. The Morgan fingerprint density at radius 2 is 2.44 bits per heavy atom. The van der Waals surface area contributed by atoms with Gasteiger partial charge in [0, 0.05) is 6.21 Å². The van der Waals surface area contributed by atoms with Crippen molar-refractivity contribution < 1.29 is 0 Å². The second kappa shape index (κ2) is 2.36. The summed E-state index contributed by atoms with van der Waals surface area (Å²) >= 11 is 3.13. The van der Waals surface area contributed by atoms with Gasteiger partial charge in [-0.1, -0.05) is 0 Å². The number of hydrogen-bond donors (Lipinski definition) is 2. The van der Waals surface area contributed by atoms with Crippen LogP contribution in [0.4, 0.5) is 0 Å². The van der Waals surface area contributed by atoms with Crippen molar-refractivity contribution in [3.63, 3.8) is 0 Å². The molecule has 0 aromatic rings. The van der Waals surface area contributed by atoms with E-state index in [9.17, 15) is 0 Å². The summed E-state index contributed by atoms with van der Waals surface area (Å²) in [5.74, 6) is 5.87. The van der Waals surface area contributed by atoms with E-state index in [4.69, 9.17) is 11.6 Å². The molecule has 0 fully saturated rings. The normalized spacial score (nSPS) is 19.1. The first kappa shape index (κ1) is 6.57. The highest BCUT2D eigenvalue weighted by Crippen LogP contribution is 2.12. The fourth-order valence-corrected chi connectivity index (χ4v) is 0.864. The van der Waals surface area contributed by atoms with Gasteiger partial charge in [0.2, 0.25) is 0 Å². The molecule has 1 aliphatic rings. The molecular weight excluding hydrogens is 184 g/mol. The lowest BCUT2D eigenvalue weighted by Gasteiger charge is -2.19. The Morgan fingerprint density at radius 1 is 1.78 bits per heavy atom. The fraction of sp³-hybridized carbons (Fsp3) is 0.250. The molecular formula is C4H7BrN4. The molecule has 0 atom stereocenters. The summed E-state index contributed by atoms with van der Waals surface area (Å²) in [5, 5.41) is 1.41. The van der Waals surface area contributed by atoms with Crippen LogP contribution in [0.15, 0.2) is 15.4 Å². The molecule has 0 spiro atoms. The minimum atomic E-state index is 0.470. The lowest BCUT2D eigenvalue weighted by Crippen LogP contribution is -2.37. The van der Waals surface area contributed by atoms with Crippen molar-refractivity contribution in [2.45, 2.75) is 0 Å². The first-order chi connectivity index (χ1) is 4.22. The first-order valence-electron chi connectivity index (χ1n) is 2.42. The molecule has 0 amide bonds. The van der Waals surface area contributed by atoms with Crippen molar-refractivity contribution in [1.29, 1.82) is 0 Å². The predicted octanol–water partition coefficient (Wildman–Crippen LogP) is -0.273. The zero-order valence-electron chi connectivity index (χ0n) is 4.71. The third-order valence-corrected chi connectivity index (χ3v) is 1.61. The van der Waals surface area contributed by atoms with Crippen LogP contribution in [0.2, 0.25) is 0 Å². The van der Waals surface area contributed by atoms with Crippen LogP contribution >= 0.6 is 15.9 Å². The topological polar surface area (TPSA) is 67.6 Å². The van der Waals surface area contributed by atoms with E-state index >= 15 is 0 Å². The van der Waals surface area contributed by atoms with Gasteiger partial charge >= 0.3 is 0 Å². The Hall–Kier alpha value is -0.550. The second-order valence-electron chi connectivity index (χ2n) is 1.64. The largest absolute Gasteiger partial charge is 0.382 e. The molecule has 1 aliphatic heterocycles. The van der Waals surface area contributed by atoms with Gasteiger partial charge in [-0.05, 0) is 15.9 Å². The molecule has 4 N–H and O–H groups in total. The summed E-state index contributed by atoms with van der Waals surface area (Å²) in [6.07, 6.45) is 1.68. The monoisotopic (exact) mass is 190 g/mol.